The largest absolute Gasteiger partial charge is 0.427 e. The molecule has 2 heterocycles. The number of esters is 1. The number of aromatic amines is 1. The van der Waals surface area contributed by atoms with Gasteiger partial charge in [-0.1, -0.05) is 13.3 Å². The van der Waals surface area contributed by atoms with Crippen LogP contribution in [0.5, 0.6) is 0 Å². The van der Waals surface area contributed by atoms with E-state index in [4.69, 9.17) is 9.47 Å². The number of unbranched alkanes of at least 4 members (excludes halogenated alkanes) is 1. The maximum atomic E-state index is 14.5. The summed E-state index contributed by atoms with van der Waals surface area (Å²) < 4.78 is 26.9. The highest BCUT2D eigenvalue weighted by Gasteiger charge is 2.43. The molecule has 3 rings (SSSR count). The molecule has 1 aliphatic rings. The lowest BCUT2D eigenvalue weighted by atomic mass is 9.95. The van der Waals surface area contributed by atoms with Gasteiger partial charge in [-0.2, -0.15) is 0 Å². The molecule has 1 unspecified atom stereocenters. The van der Waals surface area contributed by atoms with Gasteiger partial charge in [0.15, 0.2) is 0 Å². The van der Waals surface area contributed by atoms with Gasteiger partial charge in [0.25, 0.3) is 5.79 Å². The number of aryl methyl sites for hydroxylation is 1. The normalized spacial score (nSPS) is 20.2. The summed E-state index contributed by atoms with van der Waals surface area (Å²) in [6.07, 6.45) is 2.97. The fourth-order valence-corrected chi connectivity index (χ4v) is 3.97. The van der Waals surface area contributed by atoms with Crippen LogP contribution in [0.4, 0.5) is 4.39 Å². The number of hydrogen-bond donors (Lipinski definition) is 1. The molecule has 0 radical (unpaired) electrons. The Kier molecular flexibility index (Phi) is 4.71. The van der Waals surface area contributed by atoms with Crippen molar-refractivity contribution in [1.29, 1.82) is 0 Å². The van der Waals surface area contributed by atoms with Gasteiger partial charge < -0.3 is 14.5 Å². The van der Waals surface area contributed by atoms with Gasteiger partial charge in [0.2, 0.25) is 0 Å². The molecule has 0 bridgehead atoms. The molecule has 1 aromatic heterocycles. The topological polar surface area (TPSA) is 51.3 Å². The number of aromatic nitrogens is 1. The zero-order valence-electron chi connectivity index (χ0n) is 14.1. The van der Waals surface area contributed by atoms with Crippen molar-refractivity contribution in [3.05, 3.63) is 33.2 Å². The third kappa shape index (κ3) is 2.75. The molecular weight excluding hydrogens is 377 g/mol. The smallest absolute Gasteiger partial charge is 0.305 e. The number of benzene rings is 1. The first kappa shape index (κ1) is 17.4. The Morgan fingerprint density at radius 1 is 1.54 bits per heavy atom. The summed E-state index contributed by atoms with van der Waals surface area (Å²) in [6, 6.07) is 1.49. The molecule has 2 aromatic rings. The molecule has 0 fully saturated rings. The van der Waals surface area contributed by atoms with Crippen LogP contribution < -0.4 is 0 Å². The Morgan fingerprint density at radius 3 is 2.96 bits per heavy atom. The van der Waals surface area contributed by atoms with Crippen LogP contribution in [0.1, 0.15) is 49.9 Å². The SMILES string of the molecule is CCCCC1(OC(C)=O)OCCc2c1[nH]c1c(F)cc(C)c(Br)c21. The molecule has 0 amide bonds. The second-order valence-electron chi connectivity index (χ2n) is 6.27. The molecule has 4 nitrogen and oxygen atoms in total. The maximum absolute atomic E-state index is 14.5. The number of carbonyl (C=O) groups excluding carboxylic acids is 1. The Morgan fingerprint density at radius 2 is 2.29 bits per heavy atom. The van der Waals surface area contributed by atoms with Crippen LogP contribution in [0, 0.1) is 12.7 Å². The minimum atomic E-state index is -1.16. The third-order valence-corrected chi connectivity index (χ3v) is 5.51. The van der Waals surface area contributed by atoms with Crippen LogP contribution in [0.3, 0.4) is 0 Å². The highest BCUT2D eigenvalue weighted by molar-refractivity contribution is 9.10. The van der Waals surface area contributed by atoms with E-state index in [1.807, 2.05) is 6.92 Å². The predicted octanol–water partition coefficient (Wildman–Crippen LogP) is 4.86. The number of nitrogens with one attached hydrogen (secondary N) is 1. The van der Waals surface area contributed by atoms with Gasteiger partial charge in [0.05, 0.1) is 17.8 Å². The first-order valence-electron chi connectivity index (χ1n) is 8.22. The van der Waals surface area contributed by atoms with Crippen molar-refractivity contribution >= 4 is 32.8 Å². The lowest BCUT2D eigenvalue weighted by Crippen LogP contribution is -2.39. The van der Waals surface area contributed by atoms with Crippen molar-refractivity contribution in [1.82, 2.24) is 4.98 Å². The first-order valence-corrected chi connectivity index (χ1v) is 9.02. The summed E-state index contributed by atoms with van der Waals surface area (Å²) in [6.45, 7) is 5.73. The van der Waals surface area contributed by atoms with E-state index in [-0.39, 0.29) is 5.82 Å². The van der Waals surface area contributed by atoms with E-state index >= 15 is 0 Å². The van der Waals surface area contributed by atoms with Crippen LogP contribution >= 0.6 is 15.9 Å². The molecule has 130 valence electrons. The number of rotatable bonds is 4. The van der Waals surface area contributed by atoms with Crippen LogP contribution in [-0.4, -0.2) is 17.6 Å². The molecule has 1 atom stereocenters. The van der Waals surface area contributed by atoms with E-state index in [9.17, 15) is 9.18 Å². The van der Waals surface area contributed by atoms with E-state index < -0.39 is 11.8 Å². The summed E-state index contributed by atoms with van der Waals surface area (Å²) in [5, 5.41) is 0.818. The van der Waals surface area contributed by atoms with Gasteiger partial charge in [-0.05, 0) is 52.9 Å². The fraction of sp³-hybridized carbons (Fsp3) is 0.500. The zero-order valence-corrected chi connectivity index (χ0v) is 15.7. The number of fused-ring (bicyclic) bond motifs is 3. The second kappa shape index (κ2) is 6.48. The van der Waals surface area contributed by atoms with Crippen molar-refractivity contribution in [2.45, 2.75) is 52.2 Å². The number of H-pyrrole nitrogens is 1. The van der Waals surface area contributed by atoms with Crippen LogP contribution in [0.25, 0.3) is 10.9 Å². The lowest BCUT2D eigenvalue weighted by Gasteiger charge is -2.36. The third-order valence-electron chi connectivity index (χ3n) is 4.49. The molecule has 6 heteroatoms. The first-order chi connectivity index (χ1) is 11.4. The van der Waals surface area contributed by atoms with Crippen molar-refractivity contribution in [2.24, 2.45) is 0 Å². The van der Waals surface area contributed by atoms with E-state index in [1.54, 1.807) is 0 Å². The van der Waals surface area contributed by atoms with Crippen LogP contribution in [0.2, 0.25) is 0 Å². The van der Waals surface area contributed by atoms with Gasteiger partial charge in [-0.25, -0.2) is 4.39 Å². The van der Waals surface area contributed by atoms with E-state index in [0.29, 0.717) is 30.7 Å². The van der Waals surface area contributed by atoms with E-state index in [2.05, 4.69) is 27.8 Å². The van der Waals surface area contributed by atoms with Crippen molar-refractivity contribution in [3.8, 4) is 0 Å². The van der Waals surface area contributed by atoms with Gasteiger partial charge in [0.1, 0.15) is 5.82 Å². The van der Waals surface area contributed by atoms with E-state index in [1.165, 1.54) is 13.0 Å². The van der Waals surface area contributed by atoms with Crippen molar-refractivity contribution in [3.63, 3.8) is 0 Å². The Bertz CT molecular complexity index is 801. The van der Waals surface area contributed by atoms with Gasteiger partial charge in [0, 0.05) is 23.2 Å². The van der Waals surface area contributed by atoms with Crippen molar-refractivity contribution in [2.75, 3.05) is 6.61 Å². The Balaban J connectivity index is 2.25. The molecular formula is C18H21BrFNO3. The molecule has 0 saturated carbocycles. The monoisotopic (exact) mass is 397 g/mol. The average Bonchev–Trinajstić information content (AvgIpc) is 2.92. The minimum Gasteiger partial charge on any atom is -0.427 e. The van der Waals surface area contributed by atoms with Crippen LogP contribution in [-0.2, 0) is 26.5 Å². The number of ether oxygens (including phenoxy) is 2. The minimum absolute atomic E-state index is 0.313. The molecule has 0 spiro atoms. The van der Waals surface area contributed by atoms with E-state index in [0.717, 1.165) is 33.8 Å². The summed E-state index contributed by atoms with van der Waals surface area (Å²) >= 11 is 3.58. The highest BCUT2D eigenvalue weighted by Crippen LogP contribution is 2.44. The van der Waals surface area contributed by atoms with Gasteiger partial charge in [-0.15, -0.1) is 0 Å². The van der Waals surface area contributed by atoms with Gasteiger partial charge in [-0.3, -0.25) is 4.79 Å². The molecule has 1 aromatic carbocycles. The summed E-state index contributed by atoms with van der Waals surface area (Å²) in [7, 11) is 0. The number of halogens is 2. The molecule has 1 aliphatic heterocycles. The number of carbonyl (C=O) groups is 1. The fourth-order valence-electron chi connectivity index (χ4n) is 3.42. The van der Waals surface area contributed by atoms with Gasteiger partial charge >= 0.3 is 5.97 Å². The highest BCUT2D eigenvalue weighted by atomic mass is 79.9. The lowest BCUT2D eigenvalue weighted by molar-refractivity contribution is -0.248. The predicted molar refractivity (Wildman–Crippen MR) is 93.3 cm³/mol. The Labute approximate surface area is 148 Å². The summed E-state index contributed by atoms with van der Waals surface area (Å²) in [5.41, 5.74) is 2.89. The molecule has 24 heavy (non-hydrogen) atoms. The quantitative estimate of drug-likeness (QED) is 0.749. The number of hydrogen-bond acceptors (Lipinski definition) is 3. The van der Waals surface area contributed by atoms with Crippen LogP contribution in [0.15, 0.2) is 10.5 Å². The Hall–Kier alpha value is -1.40. The summed E-state index contributed by atoms with van der Waals surface area (Å²) in [4.78, 5) is 14.8. The maximum Gasteiger partial charge on any atom is 0.305 e. The zero-order chi connectivity index (χ0) is 17.5. The standard InChI is InChI=1S/C18H21BrFNO3/c1-4-5-7-18(24-11(3)22)17-12(6-8-23-18)14-15(19)10(2)9-13(20)16(14)21-17/h9,21H,4-8H2,1-3H3. The summed E-state index contributed by atoms with van der Waals surface area (Å²) in [5.74, 6) is -1.88. The molecule has 0 aliphatic carbocycles. The molecule has 1 N–H and O–H groups in total. The molecule has 0 saturated heterocycles. The average molecular weight is 398 g/mol. The second-order valence-corrected chi connectivity index (χ2v) is 7.06. The van der Waals surface area contributed by atoms with Crippen molar-refractivity contribution < 1.29 is 18.7 Å².